The van der Waals surface area contributed by atoms with Crippen molar-refractivity contribution in [1.82, 2.24) is 9.80 Å². The molecule has 1 heterocycles. The van der Waals surface area contributed by atoms with Crippen molar-refractivity contribution < 1.29 is 9.59 Å². The van der Waals surface area contributed by atoms with Crippen molar-refractivity contribution >= 4 is 23.2 Å². The van der Waals surface area contributed by atoms with Gasteiger partial charge in [-0.15, -0.1) is 11.3 Å². The molecular formula is C20H26N2O2S. The molecule has 0 saturated heterocycles. The normalized spacial score (nSPS) is 10.7. The molecule has 4 nitrogen and oxygen atoms in total. The number of rotatable bonds is 8. The molecule has 5 heteroatoms. The van der Waals surface area contributed by atoms with E-state index in [-0.39, 0.29) is 24.4 Å². The molecule has 0 spiro atoms. The zero-order valence-corrected chi connectivity index (χ0v) is 16.0. The lowest BCUT2D eigenvalue weighted by Crippen LogP contribution is -2.45. The Morgan fingerprint density at radius 2 is 1.72 bits per heavy atom. The van der Waals surface area contributed by atoms with E-state index in [2.05, 4.69) is 0 Å². The van der Waals surface area contributed by atoms with Gasteiger partial charge in [0.2, 0.25) is 11.8 Å². The summed E-state index contributed by atoms with van der Waals surface area (Å²) in [7, 11) is 0. The van der Waals surface area contributed by atoms with Gasteiger partial charge in [-0.2, -0.15) is 0 Å². The second-order valence-corrected chi connectivity index (χ2v) is 7.32. The summed E-state index contributed by atoms with van der Waals surface area (Å²) in [6.45, 7) is 6.96. The molecular weight excluding hydrogens is 332 g/mol. The Hall–Kier alpha value is -2.14. The zero-order valence-electron chi connectivity index (χ0n) is 15.1. The molecule has 0 unspecified atom stereocenters. The molecule has 0 aliphatic heterocycles. The summed E-state index contributed by atoms with van der Waals surface area (Å²) in [5.41, 5.74) is 1.09. The highest BCUT2D eigenvalue weighted by Crippen LogP contribution is 2.15. The maximum atomic E-state index is 12.9. The Balaban J connectivity index is 2.15. The number of carbonyl (C=O) groups is 2. The van der Waals surface area contributed by atoms with Gasteiger partial charge in [0.25, 0.3) is 0 Å². The number of nitrogens with zero attached hydrogens (tertiary/aromatic N) is 2. The average molecular weight is 359 g/mol. The van der Waals surface area contributed by atoms with Crippen molar-refractivity contribution in [2.24, 2.45) is 0 Å². The summed E-state index contributed by atoms with van der Waals surface area (Å²) in [5.74, 6) is -0.00751. The highest BCUT2D eigenvalue weighted by atomic mass is 32.1. The van der Waals surface area contributed by atoms with E-state index in [0.29, 0.717) is 19.5 Å². The van der Waals surface area contributed by atoms with Crippen LogP contribution >= 0.6 is 11.3 Å². The Labute approximate surface area is 154 Å². The van der Waals surface area contributed by atoms with Gasteiger partial charge >= 0.3 is 0 Å². The summed E-state index contributed by atoms with van der Waals surface area (Å²) < 4.78 is 0. The van der Waals surface area contributed by atoms with Crippen LogP contribution in [0.5, 0.6) is 0 Å². The highest BCUT2D eigenvalue weighted by Gasteiger charge is 2.23. The molecule has 2 amide bonds. The topological polar surface area (TPSA) is 40.6 Å². The van der Waals surface area contributed by atoms with E-state index in [1.54, 1.807) is 16.2 Å². The molecule has 0 aliphatic carbocycles. The van der Waals surface area contributed by atoms with E-state index in [4.69, 9.17) is 0 Å². The van der Waals surface area contributed by atoms with Crippen molar-refractivity contribution in [2.45, 2.75) is 46.3 Å². The Morgan fingerprint density at radius 1 is 1.00 bits per heavy atom. The van der Waals surface area contributed by atoms with Gasteiger partial charge in [0.15, 0.2) is 0 Å². The molecule has 0 N–H and O–H groups in total. The van der Waals surface area contributed by atoms with Crippen LogP contribution in [0.15, 0.2) is 47.8 Å². The molecule has 1 aromatic carbocycles. The molecule has 2 aromatic rings. The number of carbonyl (C=O) groups excluding carboxylic acids is 2. The summed E-state index contributed by atoms with van der Waals surface area (Å²) in [5, 5.41) is 2.02. The van der Waals surface area contributed by atoms with Crippen LogP contribution < -0.4 is 0 Å². The summed E-state index contributed by atoms with van der Waals surface area (Å²) in [6.07, 6.45) is 0.412. The molecule has 2 rings (SSSR count). The van der Waals surface area contributed by atoms with Crippen LogP contribution in [0.2, 0.25) is 0 Å². The van der Waals surface area contributed by atoms with E-state index in [1.165, 1.54) is 0 Å². The predicted octanol–water partition coefficient (Wildman–Crippen LogP) is 3.92. The lowest BCUT2D eigenvalue weighted by atomic mass is 10.2. The van der Waals surface area contributed by atoms with E-state index in [9.17, 15) is 9.59 Å². The fourth-order valence-electron chi connectivity index (χ4n) is 2.63. The lowest BCUT2D eigenvalue weighted by Gasteiger charge is -2.30. The molecule has 134 valence electrons. The molecule has 0 bridgehead atoms. The molecule has 0 aliphatic rings. The van der Waals surface area contributed by atoms with Crippen molar-refractivity contribution in [3.63, 3.8) is 0 Å². The van der Waals surface area contributed by atoms with Crippen molar-refractivity contribution in [3.8, 4) is 0 Å². The fourth-order valence-corrected chi connectivity index (χ4v) is 3.35. The maximum absolute atomic E-state index is 12.9. The highest BCUT2D eigenvalue weighted by molar-refractivity contribution is 7.09. The van der Waals surface area contributed by atoms with E-state index < -0.39 is 0 Å². The van der Waals surface area contributed by atoms with Crippen LogP contribution in [0, 0.1) is 0 Å². The minimum atomic E-state index is -0.0206. The third-order valence-corrected chi connectivity index (χ3v) is 4.91. The second kappa shape index (κ2) is 9.37. The summed E-state index contributed by atoms with van der Waals surface area (Å²) >= 11 is 1.64. The zero-order chi connectivity index (χ0) is 18.2. The number of thiophene rings is 1. The third-order valence-electron chi connectivity index (χ3n) is 4.05. The summed E-state index contributed by atoms with van der Waals surface area (Å²) in [4.78, 5) is 29.7. The van der Waals surface area contributed by atoms with E-state index >= 15 is 0 Å². The first-order valence-corrected chi connectivity index (χ1v) is 9.52. The van der Waals surface area contributed by atoms with Gasteiger partial charge in [0.1, 0.15) is 0 Å². The molecule has 0 radical (unpaired) electrons. The largest absolute Gasteiger partial charge is 0.332 e. The first-order chi connectivity index (χ1) is 12.0. The minimum absolute atomic E-state index is 0.0108. The van der Waals surface area contributed by atoms with Gasteiger partial charge in [-0.05, 0) is 30.9 Å². The van der Waals surface area contributed by atoms with Gasteiger partial charge < -0.3 is 9.80 Å². The Bertz CT molecular complexity index is 668. The fraction of sp³-hybridized carbons (Fsp3) is 0.400. The first kappa shape index (κ1) is 19.2. The number of hydrogen-bond donors (Lipinski definition) is 0. The van der Waals surface area contributed by atoms with Gasteiger partial charge in [-0.1, -0.05) is 43.3 Å². The van der Waals surface area contributed by atoms with Crippen LogP contribution in [0.25, 0.3) is 0 Å². The monoisotopic (exact) mass is 358 g/mol. The molecule has 25 heavy (non-hydrogen) atoms. The van der Waals surface area contributed by atoms with Crippen LogP contribution in [-0.4, -0.2) is 34.2 Å². The van der Waals surface area contributed by atoms with Gasteiger partial charge in [0, 0.05) is 23.9 Å². The van der Waals surface area contributed by atoms with Crippen molar-refractivity contribution in [3.05, 3.63) is 58.3 Å². The van der Waals surface area contributed by atoms with E-state index in [1.807, 2.05) is 73.5 Å². The van der Waals surface area contributed by atoms with Gasteiger partial charge in [0.05, 0.1) is 13.1 Å². The average Bonchev–Trinajstić information content (AvgIpc) is 3.12. The van der Waals surface area contributed by atoms with Crippen LogP contribution in [0.1, 0.15) is 37.6 Å². The lowest BCUT2D eigenvalue weighted by molar-refractivity contribution is -0.142. The van der Waals surface area contributed by atoms with Gasteiger partial charge in [-0.25, -0.2) is 0 Å². The van der Waals surface area contributed by atoms with Crippen LogP contribution in [-0.2, 0) is 22.7 Å². The third kappa shape index (κ3) is 5.71. The first-order valence-electron chi connectivity index (χ1n) is 8.64. The SMILES string of the molecule is CCC(=O)N(CC(=O)N(Cc1ccccc1)Cc1cccs1)C(C)C. The van der Waals surface area contributed by atoms with Crippen LogP contribution in [0.4, 0.5) is 0 Å². The Morgan fingerprint density at radius 3 is 2.28 bits per heavy atom. The maximum Gasteiger partial charge on any atom is 0.242 e. The molecule has 0 saturated carbocycles. The van der Waals surface area contributed by atoms with E-state index in [0.717, 1.165) is 10.4 Å². The van der Waals surface area contributed by atoms with Crippen molar-refractivity contribution in [1.29, 1.82) is 0 Å². The van der Waals surface area contributed by atoms with Crippen molar-refractivity contribution in [2.75, 3.05) is 6.54 Å². The number of hydrogen-bond acceptors (Lipinski definition) is 3. The molecule has 0 fully saturated rings. The molecule has 1 aromatic heterocycles. The number of amides is 2. The number of benzene rings is 1. The van der Waals surface area contributed by atoms with Gasteiger partial charge in [-0.3, -0.25) is 9.59 Å². The predicted molar refractivity (Wildman–Crippen MR) is 102 cm³/mol. The Kier molecular flexibility index (Phi) is 7.19. The second-order valence-electron chi connectivity index (χ2n) is 6.28. The summed E-state index contributed by atoms with van der Waals surface area (Å²) in [6, 6.07) is 14.0. The minimum Gasteiger partial charge on any atom is -0.332 e. The quantitative estimate of drug-likeness (QED) is 0.717. The van der Waals surface area contributed by atoms with Crippen LogP contribution in [0.3, 0.4) is 0 Å². The standard InChI is InChI=1S/C20H26N2O2S/c1-4-19(23)22(16(2)3)15-20(24)21(14-18-11-8-12-25-18)13-17-9-6-5-7-10-17/h5-12,16H,4,13-15H2,1-3H3. The smallest absolute Gasteiger partial charge is 0.242 e. The molecule has 0 atom stereocenters.